The Balaban J connectivity index is 2.42. The molecule has 0 spiro atoms. The first-order valence-electron chi connectivity index (χ1n) is 5.90. The molecule has 0 saturated carbocycles. The van der Waals surface area contributed by atoms with Gasteiger partial charge in [-0.15, -0.1) is 0 Å². The molecule has 0 aliphatic carbocycles. The number of hydrogen-bond donors (Lipinski definition) is 3. The summed E-state index contributed by atoms with van der Waals surface area (Å²) in [6, 6.07) is 5.27. The smallest absolute Gasteiger partial charge is 0.251 e. The third-order valence-corrected chi connectivity index (χ3v) is 2.62. The highest BCUT2D eigenvalue weighted by molar-refractivity contribution is 5.95. The number of nitrogen functional groups attached to an aromatic ring is 1. The first kappa shape index (κ1) is 13.5. The van der Waals surface area contributed by atoms with Gasteiger partial charge in [-0.25, -0.2) is 0 Å². The summed E-state index contributed by atoms with van der Waals surface area (Å²) in [5, 5.41) is 11.5. The molecule has 0 aliphatic rings. The van der Waals surface area contributed by atoms with E-state index in [0.29, 0.717) is 17.8 Å². The monoisotopic (exact) mass is 236 g/mol. The van der Waals surface area contributed by atoms with Crippen molar-refractivity contribution in [1.29, 1.82) is 0 Å². The molecule has 4 nitrogen and oxygen atoms in total. The topological polar surface area (TPSA) is 75.4 Å². The van der Waals surface area contributed by atoms with Crippen molar-refractivity contribution < 1.29 is 9.90 Å². The summed E-state index contributed by atoms with van der Waals surface area (Å²) < 4.78 is 0. The molecule has 0 unspecified atom stereocenters. The number of anilines is 1. The zero-order valence-electron chi connectivity index (χ0n) is 10.2. The van der Waals surface area contributed by atoms with Crippen molar-refractivity contribution in [3.63, 3.8) is 0 Å². The maximum absolute atomic E-state index is 11.8. The van der Waals surface area contributed by atoms with Crippen LogP contribution >= 0.6 is 0 Å². The van der Waals surface area contributed by atoms with Crippen LogP contribution in [-0.4, -0.2) is 24.2 Å². The lowest BCUT2D eigenvalue weighted by atomic mass is 10.1. The molecule has 0 radical (unpaired) electrons. The van der Waals surface area contributed by atoms with Crippen LogP contribution in [-0.2, 0) is 0 Å². The molecule has 1 amide bonds. The van der Waals surface area contributed by atoms with Gasteiger partial charge in [-0.2, -0.15) is 0 Å². The SMILES string of the molecule is Cc1cc(N)ccc1C(=O)NCCCCCO. The van der Waals surface area contributed by atoms with Gasteiger partial charge in [0.1, 0.15) is 0 Å². The second-order valence-electron chi connectivity index (χ2n) is 4.11. The Kier molecular flexibility index (Phi) is 5.49. The van der Waals surface area contributed by atoms with Crippen LogP contribution in [0.5, 0.6) is 0 Å². The van der Waals surface area contributed by atoms with E-state index >= 15 is 0 Å². The van der Waals surface area contributed by atoms with Crippen LogP contribution in [0.4, 0.5) is 5.69 Å². The molecule has 1 aromatic carbocycles. The first-order chi connectivity index (χ1) is 8.15. The predicted octanol–water partition coefficient (Wildman–Crippen LogP) is 1.47. The van der Waals surface area contributed by atoms with Crippen LogP contribution in [0.2, 0.25) is 0 Å². The van der Waals surface area contributed by atoms with E-state index in [4.69, 9.17) is 10.8 Å². The molecule has 17 heavy (non-hydrogen) atoms. The number of aliphatic hydroxyl groups is 1. The number of benzene rings is 1. The summed E-state index contributed by atoms with van der Waals surface area (Å²) in [6.45, 7) is 2.73. The maximum atomic E-state index is 11.8. The molecule has 1 aromatic rings. The third-order valence-electron chi connectivity index (χ3n) is 2.62. The molecule has 0 aliphatic heterocycles. The van der Waals surface area contributed by atoms with Crippen molar-refractivity contribution >= 4 is 11.6 Å². The van der Waals surface area contributed by atoms with Crippen LogP contribution in [0.15, 0.2) is 18.2 Å². The average Bonchev–Trinajstić information content (AvgIpc) is 2.28. The van der Waals surface area contributed by atoms with Gasteiger partial charge in [0, 0.05) is 24.4 Å². The van der Waals surface area contributed by atoms with Gasteiger partial charge < -0.3 is 16.2 Å². The number of rotatable bonds is 6. The second-order valence-corrected chi connectivity index (χ2v) is 4.11. The highest BCUT2D eigenvalue weighted by Crippen LogP contribution is 2.12. The predicted molar refractivity (Wildman–Crippen MR) is 68.9 cm³/mol. The molecule has 0 fully saturated rings. The summed E-state index contributed by atoms with van der Waals surface area (Å²) in [7, 11) is 0. The number of nitrogens with two attached hydrogens (primary N) is 1. The fourth-order valence-electron chi connectivity index (χ4n) is 1.65. The normalized spacial score (nSPS) is 10.2. The van der Waals surface area contributed by atoms with E-state index < -0.39 is 0 Å². The number of nitrogens with one attached hydrogen (secondary N) is 1. The van der Waals surface area contributed by atoms with Gasteiger partial charge in [0.25, 0.3) is 5.91 Å². The number of carbonyl (C=O) groups excluding carboxylic acids is 1. The van der Waals surface area contributed by atoms with Crippen molar-refractivity contribution in [3.05, 3.63) is 29.3 Å². The van der Waals surface area contributed by atoms with E-state index in [2.05, 4.69) is 5.32 Å². The summed E-state index contributed by atoms with van der Waals surface area (Å²) in [4.78, 5) is 11.8. The first-order valence-corrected chi connectivity index (χ1v) is 5.90. The van der Waals surface area contributed by atoms with Crippen molar-refractivity contribution in [2.75, 3.05) is 18.9 Å². The van der Waals surface area contributed by atoms with Crippen LogP contribution in [0, 0.1) is 6.92 Å². The van der Waals surface area contributed by atoms with Crippen molar-refractivity contribution in [2.45, 2.75) is 26.2 Å². The summed E-state index contributed by atoms with van der Waals surface area (Å²) in [6.07, 6.45) is 2.61. The quantitative estimate of drug-likeness (QED) is 0.517. The summed E-state index contributed by atoms with van der Waals surface area (Å²) in [5.74, 6) is -0.0634. The minimum atomic E-state index is -0.0634. The average molecular weight is 236 g/mol. The summed E-state index contributed by atoms with van der Waals surface area (Å²) in [5.41, 5.74) is 7.85. The number of carbonyl (C=O) groups is 1. The van der Waals surface area contributed by atoms with E-state index in [0.717, 1.165) is 24.8 Å². The Morgan fingerprint density at radius 3 is 2.76 bits per heavy atom. The zero-order valence-corrected chi connectivity index (χ0v) is 10.2. The molecule has 0 bridgehead atoms. The standard InChI is InChI=1S/C13H20N2O2/c1-10-9-11(14)5-6-12(10)13(17)15-7-3-2-4-8-16/h5-6,9,16H,2-4,7-8,14H2,1H3,(H,15,17). The molecule has 0 atom stereocenters. The van der Waals surface area contributed by atoms with Gasteiger partial charge in [0.2, 0.25) is 0 Å². The van der Waals surface area contributed by atoms with Gasteiger partial charge in [-0.1, -0.05) is 0 Å². The van der Waals surface area contributed by atoms with Gasteiger partial charge in [-0.05, 0) is 49.9 Å². The Hall–Kier alpha value is -1.55. The molecule has 1 rings (SSSR count). The molecule has 0 saturated heterocycles. The highest BCUT2D eigenvalue weighted by Gasteiger charge is 2.07. The maximum Gasteiger partial charge on any atom is 0.251 e. The molecular weight excluding hydrogens is 216 g/mol. The Bertz CT molecular complexity index is 378. The highest BCUT2D eigenvalue weighted by atomic mass is 16.2. The third kappa shape index (κ3) is 4.44. The largest absolute Gasteiger partial charge is 0.399 e. The molecule has 4 N–H and O–H groups in total. The van der Waals surface area contributed by atoms with Crippen LogP contribution < -0.4 is 11.1 Å². The lowest BCUT2D eigenvalue weighted by molar-refractivity contribution is 0.0952. The summed E-state index contributed by atoms with van der Waals surface area (Å²) >= 11 is 0. The number of amides is 1. The number of aryl methyl sites for hydroxylation is 1. The van der Waals surface area contributed by atoms with E-state index in [1.807, 2.05) is 6.92 Å². The number of aliphatic hydroxyl groups excluding tert-OH is 1. The fraction of sp³-hybridized carbons (Fsp3) is 0.462. The molecular formula is C13H20N2O2. The molecule has 94 valence electrons. The molecule has 0 aromatic heterocycles. The minimum absolute atomic E-state index is 0.0634. The lowest BCUT2D eigenvalue weighted by Gasteiger charge is -2.08. The van der Waals surface area contributed by atoms with Gasteiger partial charge in [-0.3, -0.25) is 4.79 Å². The van der Waals surface area contributed by atoms with Crippen LogP contribution in [0.3, 0.4) is 0 Å². The van der Waals surface area contributed by atoms with Gasteiger partial charge >= 0.3 is 0 Å². The minimum Gasteiger partial charge on any atom is -0.399 e. The number of unbranched alkanes of at least 4 members (excludes halogenated alkanes) is 2. The second kappa shape index (κ2) is 6.91. The van der Waals surface area contributed by atoms with Crippen molar-refractivity contribution in [1.82, 2.24) is 5.32 Å². The van der Waals surface area contributed by atoms with Gasteiger partial charge in [0.15, 0.2) is 0 Å². The lowest BCUT2D eigenvalue weighted by Crippen LogP contribution is -2.25. The van der Waals surface area contributed by atoms with Gasteiger partial charge in [0.05, 0.1) is 0 Å². The fourth-order valence-corrected chi connectivity index (χ4v) is 1.65. The Labute approximate surface area is 102 Å². The van der Waals surface area contributed by atoms with E-state index in [9.17, 15) is 4.79 Å². The van der Waals surface area contributed by atoms with Crippen molar-refractivity contribution in [2.24, 2.45) is 0 Å². The van der Waals surface area contributed by atoms with E-state index in [-0.39, 0.29) is 12.5 Å². The van der Waals surface area contributed by atoms with E-state index in [1.54, 1.807) is 18.2 Å². The molecule has 0 heterocycles. The number of hydrogen-bond acceptors (Lipinski definition) is 3. The van der Waals surface area contributed by atoms with Crippen LogP contribution in [0.25, 0.3) is 0 Å². The zero-order chi connectivity index (χ0) is 12.7. The Morgan fingerprint density at radius 1 is 1.35 bits per heavy atom. The van der Waals surface area contributed by atoms with Crippen LogP contribution in [0.1, 0.15) is 35.2 Å². The molecule has 4 heteroatoms. The Morgan fingerprint density at radius 2 is 2.12 bits per heavy atom. The van der Waals surface area contributed by atoms with E-state index in [1.165, 1.54) is 0 Å². The van der Waals surface area contributed by atoms with Crippen molar-refractivity contribution in [3.8, 4) is 0 Å².